The second-order valence-electron chi connectivity index (χ2n) is 7.62. The number of nitrogens with zero attached hydrogens (tertiary/aromatic N) is 2. The van der Waals surface area contributed by atoms with Gasteiger partial charge < -0.3 is 4.74 Å². The van der Waals surface area contributed by atoms with Gasteiger partial charge >= 0.3 is 0 Å². The highest BCUT2D eigenvalue weighted by atomic mass is 32.2. The van der Waals surface area contributed by atoms with E-state index < -0.39 is 10.0 Å². The van der Waals surface area contributed by atoms with Crippen molar-refractivity contribution in [1.82, 2.24) is 14.5 Å². The summed E-state index contributed by atoms with van der Waals surface area (Å²) in [6, 6.07) is 6.75. The summed E-state index contributed by atoms with van der Waals surface area (Å²) in [6.07, 6.45) is 7.63. The number of piperidine rings is 3. The van der Waals surface area contributed by atoms with Crippen LogP contribution < -0.4 is 9.46 Å². The molecule has 3 saturated heterocycles. The zero-order valence-electron chi connectivity index (χ0n) is 16.1. The number of hydrogen-bond donors (Lipinski definition) is 1. The number of rotatable bonds is 8. The third-order valence-corrected chi connectivity index (χ3v) is 7.24. The fraction of sp³-hybridized carbons (Fsp3) is 0.600. The Bertz CT molecular complexity index is 773. The zero-order valence-corrected chi connectivity index (χ0v) is 16.9. The maximum atomic E-state index is 12.6. The highest BCUT2D eigenvalue weighted by Crippen LogP contribution is 2.36. The topological polar surface area (TPSA) is 61.9 Å². The zero-order chi connectivity index (χ0) is 19.4. The van der Waals surface area contributed by atoms with E-state index in [1.54, 1.807) is 31.4 Å². The molecule has 148 valence electrons. The van der Waals surface area contributed by atoms with Crippen LogP contribution in [0, 0.1) is 24.2 Å². The number of methoxy groups -OCH3 is 1. The Morgan fingerprint density at radius 1 is 1.37 bits per heavy atom. The van der Waals surface area contributed by atoms with Crippen molar-refractivity contribution in [2.24, 2.45) is 11.8 Å². The van der Waals surface area contributed by atoms with Crippen molar-refractivity contribution in [2.45, 2.75) is 23.8 Å². The summed E-state index contributed by atoms with van der Waals surface area (Å²) < 4.78 is 33.0. The molecule has 3 aliphatic rings. The summed E-state index contributed by atoms with van der Waals surface area (Å²) in [7, 11) is 0.125. The molecule has 1 unspecified atom stereocenters. The molecule has 1 aromatic carbocycles. The molecule has 0 saturated carbocycles. The van der Waals surface area contributed by atoms with Gasteiger partial charge in [0.25, 0.3) is 0 Å². The monoisotopic (exact) mass is 391 g/mol. The molecular formula is C20H29N3O3S. The maximum Gasteiger partial charge on any atom is 0.240 e. The fourth-order valence-corrected chi connectivity index (χ4v) is 5.41. The van der Waals surface area contributed by atoms with Crippen molar-refractivity contribution >= 4 is 10.0 Å². The van der Waals surface area contributed by atoms with Crippen molar-refractivity contribution in [3.8, 4) is 18.1 Å². The first kappa shape index (κ1) is 20.2. The number of nitrogens with one attached hydrogen (secondary N) is 1. The minimum Gasteiger partial charge on any atom is -0.497 e. The fourth-order valence-electron chi connectivity index (χ4n) is 4.33. The Morgan fingerprint density at radius 2 is 2.11 bits per heavy atom. The Morgan fingerprint density at radius 3 is 2.70 bits per heavy atom. The molecule has 0 radical (unpaired) electrons. The van der Waals surface area contributed by atoms with Gasteiger partial charge in [-0.1, -0.05) is 5.92 Å². The Hall–Kier alpha value is -1.59. The molecule has 0 aliphatic carbocycles. The van der Waals surface area contributed by atoms with E-state index >= 15 is 0 Å². The lowest BCUT2D eigenvalue weighted by Crippen LogP contribution is -2.58. The molecule has 7 heteroatoms. The van der Waals surface area contributed by atoms with Crippen LogP contribution in [0.15, 0.2) is 29.2 Å². The predicted octanol–water partition coefficient (Wildman–Crippen LogP) is 1.25. The predicted molar refractivity (Wildman–Crippen MR) is 106 cm³/mol. The first-order chi connectivity index (χ1) is 12.9. The van der Waals surface area contributed by atoms with Crippen molar-refractivity contribution in [3.05, 3.63) is 24.3 Å². The third kappa shape index (κ3) is 4.82. The van der Waals surface area contributed by atoms with Crippen LogP contribution in [0.3, 0.4) is 0 Å². The highest BCUT2D eigenvalue weighted by Gasteiger charge is 2.40. The lowest BCUT2D eigenvalue weighted by atomic mass is 9.75. The minimum absolute atomic E-state index is 0.269. The summed E-state index contributed by atoms with van der Waals surface area (Å²) in [5, 5.41) is 0. The lowest BCUT2D eigenvalue weighted by Gasteiger charge is -2.50. The molecule has 2 bridgehead atoms. The van der Waals surface area contributed by atoms with Crippen LogP contribution in [0.5, 0.6) is 5.75 Å². The van der Waals surface area contributed by atoms with Gasteiger partial charge in [-0.3, -0.25) is 9.80 Å². The van der Waals surface area contributed by atoms with Crippen LogP contribution in [0.1, 0.15) is 12.8 Å². The number of benzene rings is 1. The van der Waals surface area contributed by atoms with Crippen LogP contribution in [0.25, 0.3) is 0 Å². The number of fused-ring (bicyclic) bond motifs is 3. The van der Waals surface area contributed by atoms with E-state index in [1.165, 1.54) is 6.42 Å². The average Bonchev–Trinajstić information content (AvgIpc) is 2.67. The smallest absolute Gasteiger partial charge is 0.240 e. The van der Waals surface area contributed by atoms with Gasteiger partial charge in [-0.25, -0.2) is 13.1 Å². The Labute approximate surface area is 162 Å². The summed E-state index contributed by atoms with van der Waals surface area (Å²) in [5.41, 5.74) is 0. The molecule has 0 amide bonds. The van der Waals surface area contributed by atoms with E-state index in [-0.39, 0.29) is 10.9 Å². The van der Waals surface area contributed by atoms with Crippen LogP contribution in [0.2, 0.25) is 0 Å². The molecule has 0 spiro atoms. The SMILES string of the molecule is C#CCN(C)C[C@H]1CN2CC[C@H]1C[C@@H]2CNS(=O)(=O)c1ccc(OC)cc1. The summed E-state index contributed by atoms with van der Waals surface area (Å²) in [5.74, 6) is 4.60. The van der Waals surface area contributed by atoms with E-state index in [0.717, 1.165) is 26.1 Å². The minimum atomic E-state index is -3.50. The molecule has 6 nitrogen and oxygen atoms in total. The van der Waals surface area contributed by atoms with Gasteiger partial charge in [0.2, 0.25) is 10.0 Å². The highest BCUT2D eigenvalue weighted by molar-refractivity contribution is 7.89. The molecular weight excluding hydrogens is 362 g/mol. The first-order valence-electron chi connectivity index (χ1n) is 9.42. The lowest BCUT2D eigenvalue weighted by molar-refractivity contribution is -0.00623. The molecule has 4 rings (SSSR count). The van der Waals surface area contributed by atoms with Crippen LogP contribution in [-0.2, 0) is 10.0 Å². The largest absolute Gasteiger partial charge is 0.497 e. The standard InChI is InChI=1S/C20H29N3O3S/c1-4-10-22(2)14-17-15-23-11-9-16(17)12-18(23)13-21-27(24,25)20-7-5-19(26-3)6-8-20/h1,5-8,16-18,21H,9-15H2,2-3H3/t16-,17-,18+/m0/s1. The summed E-state index contributed by atoms with van der Waals surface area (Å²) >= 11 is 0. The Balaban J connectivity index is 1.56. The molecule has 3 aliphatic heterocycles. The van der Waals surface area contributed by atoms with Gasteiger partial charge in [-0.15, -0.1) is 6.42 Å². The second kappa shape index (κ2) is 8.61. The van der Waals surface area contributed by atoms with E-state index in [9.17, 15) is 8.42 Å². The summed E-state index contributed by atoms with van der Waals surface area (Å²) in [4.78, 5) is 4.91. The normalized spacial score (nSPS) is 27.5. The van der Waals surface area contributed by atoms with Gasteiger partial charge in [0.05, 0.1) is 18.6 Å². The molecule has 0 aromatic heterocycles. The van der Waals surface area contributed by atoms with Gasteiger partial charge in [-0.2, -0.15) is 0 Å². The van der Waals surface area contributed by atoms with Crippen LogP contribution in [0.4, 0.5) is 0 Å². The first-order valence-corrected chi connectivity index (χ1v) is 10.9. The quantitative estimate of drug-likeness (QED) is 0.676. The average molecular weight is 392 g/mol. The van der Waals surface area contributed by atoms with E-state index in [1.807, 2.05) is 0 Å². The Kier molecular flexibility index (Phi) is 6.43. The molecule has 27 heavy (non-hydrogen) atoms. The second-order valence-corrected chi connectivity index (χ2v) is 9.39. The number of terminal acetylenes is 1. The summed E-state index contributed by atoms with van der Waals surface area (Å²) in [6.45, 7) is 4.21. The molecule has 3 fully saturated rings. The van der Waals surface area contributed by atoms with E-state index in [0.29, 0.717) is 30.7 Å². The van der Waals surface area contributed by atoms with E-state index in [4.69, 9.17) is 11.2 Å². The van der Waals surface area contributed by atoms with Crippen molar-refractivity contribution in [2.75, 3.05) is 46.9 Å². The van der Waals surface area contributed by atoms with Crippen molar-refractivity contribution < 1.29 is 13.2 Å². The van der Waals surface area contributed by atoms with Gasteiger partial charge in [0.15, 0.2) is 0 Å². The van der Waals surface area contributed by atoms with Crippen LogP contribution >= 0.6 is 0 Å². The van der Waals surface area contributed by atoms with Crippen molar-refractivity contribution in [3.63, 3.8) is 0 Å². The molecule has 1 aromatic rings. The molecule has 3 heterocycles. The third-order valence-electron chi connectivity index (χ3n) is 5.80. The number of hydrogen-bond acceptors (Lipinski definition) is 5. The van der Waals surface area contributed by atoms with Gasteiger partial charge in [0.1, 0.15) is 5.75 Å². The van der Waals surface area contributed by atoms with E-state index in [2.05, 4.69) is 27.5 Å². The molecule has 1 N–H and O–H groups in total. The van der Waals surface area contributed by atoms with Gasteiger partial charge in [-0.05, 0) is 62.5 Å². The van der Waals surface area contributed by atoms with Gasteiger partial charge in [0, 0.05) is 25.7 Å². The van der Waals surface area contributed by atoms with Crippen LogP contribution in [-0.4, -0.2) is 71.1 Å². The number of sulfonamides is 1. The number of ether oxygens (including phenoxy) is 1. The van der Waals surface area contributed by atoms with Crippen molar-refractivity contribution in [1.29, 1.82) is 0 Å². The maximum absolute atomic E-state index is 12.6. The molecule has 4 atom stereocenters.